The molecule has 0 bridgehead atoms. The van der Waals surface area contributed by atoms with Gasteiger partial charge >= 0.3 is 5.97 Å². The van der Waals surface area contributed by atoms with Crippen LogP contribution in [0.1, 0.15) is 19.4 Å². The first kappa shape index (κ1) is 20.6. The number of hydrogen-bond donors (Lipinski definition) is 2. The van der Waals surface area contributed by atoms with Crippen LogP contribution >= 0.6 is 0 Å². The predicted molar refractivity (Wildman–Crippen MR) is 99.8 cm³/mol. The summed E-state index contributed by atoms with van der Waals surface area (Å²) >= 11 is 0. The molecule has 0 aliphatic carbocycles. The van der Waals surface area contributed by atoms with Crippen molar-refractivity contribution in [1.29, 1.82) is 0 Å². The number of carbonyl (C=O) groups excluding carboxylic acids is 3. The quantitative estimate of drug-likeness (QED) is 0.410. The lowest BCUT2D eigenvalue weighted by Crippen LogP contribution is -2.42. The number of hydrogen-bond acceptors (Lipinski definition) is 6. The molecule has 1 aromatic rings. The van der Waals surface area contributed by atoms with Gasteiger partial charge in [-0.05, 0) is 23.8 Å². The van der Waals surface area contributed by atoms with E-state index in [9.17, 15) is 14.4 Å². The average molecular weight is 375 g/mol. The normalized spacial score (nSPS) is 15.1. The molecule has 8 nitrogen and oxygen atoms in total. The molecule has 0 radical (unpaired) electrons. The van der Waals surface area contributed by atoms with Crippen molar-refractivity contribution in [1.82, 2.24) is 15.5 Å². The van der Waals surface area contributed by atoms with E-state index < -0.39 is 5.97 Å². The van der Waals surface area contributed by atoms with E-state index in [1.165, 1.54) is 13.8 Å². The lowest BCUT2D eigenvalue weighted by Gasteiger charge is -2.26. The molecule has 2 rings (SSSR count). The molecular formula is C19H25N3O5. The summed E-state index contributed by atoms with van der Waals surface area (Å²) in [5, 5.41) is 5.37. The van der Waals surface area contributed by atoms with Gasteiger partial charge < -0.3 is 20.1 Å². The predicted octanol–water partition coefficient (Wildman–Crippen LogP) is 0.537. The Bertz CT molecular complexity index is 694. The van der Waals surface area contributed by atoms with Crippen molar-refractivity contribution in [2.45, 2.75) is 13.8 Å². The van der Waals surface area contributed by atoms with Crippen LogP contribution in [-0.2, 0) is 19.1 Å². The van der Waals surface area contributed by atoms with Crippen LogP contribution in [0.25, 0.3) is 6.08 Å². The van der Waals surface area contributed by atoms with Gasteiger partial charge in [-0.1, -0.05) is 12.1 Å². The second kappa shape index (κ2) is 10.4. The summed E-state index contributed by atoms with van der Waals surface area (Å²) in [4.78, 5) is 37.0. The second-order valence-electron chi connectivity index (χ2n) is 6.11. The number of amides is 2. The third kappa shape index (κ3) is 7.59. The minimum atomic E-state index is -0.406. The fourth-order valence-electron chi connectivity index (χ4n) is 2.56. The van der Waals surface area contributed by atoms with Crippen LogP contribution in [0.5, 0.6) is 5.75 Å². The Kier molecular flexibility index (Phi) is 7.97. The molecule has 1 saturated heterocycles. The lowest BCUT2D eigenvalue weighted by molar-refractivity contribution is -0.131. The van der Waals surface area contributed by atoms with Crippen molar-refractivity contribution >= 4 is 23.9 Å². The highest BCUT2D eigenvalue weighted by Crippen LogP contribution is 2.14. The monoisotopic (exact) mass is 375 g/mol. The van der Waals surface area contributed by atoms with Crippen LogP contribution in [0.2, 0.25) is 0 Å². The van der Waals surface area contributed by atoms with Crippen LogP contribution in [-0.4, -0.2) is 62.1 Å². The number of benzene rings is 1. The topological polar surface area (TPSA) is 97.0 Å². The zero-order chi connectivity index (χ0) is 19.6. The highest BCUT2D eigenvalue weighted by atomic mass is 16.5. The number of nitrogens with one attached hydrogen (secondary N) is 2. The Balaban J connectivity index is 1.97. The summed E-state index contributed by atoms with van der Waals surface area (Å²) in [5.41, 5.74) is 0.850. The maximum absolute atomic E-state index is 12.4. The summed E-state index contributed by atoms with van der Waals surface area (Å²) in [6, 6.07) is 6.63. The van der Waals surface area contributed by atoms with Crippen molar-refractivity contribution in [3.05, 3.63) is 35.5 Å². The fourth-order valence-corrected chi connectivity index (χ4v) is 2.56. The van der Waals surface area contributed by atoms with E-state index in [0.717, 1.165) is 19.6 Å². The molecule has 2 N–H and O–H groups in total. The second-order valence-corrected chi connectivity index (χ2v) is 6.11. The van der Waals surface area contributed by atoms with Gasteiger partial charge in [0.05, 0.1) is 13.2 Å². The third-order valence-corrected chi connectivity index (χ3v) is 3.83. The van der Waals surface area contributed by atoms with Crippen LogP contribution < -0.4 is 15.4 Å². The smallest absolute Gasteiger partial charge is 0.308 e. The number of esters is 1. The molecule has 1 fully saturated rings. The molecule has 8 heteroatoms. The molecule has 0 saturated carbocycles. The highest BCUT2D eigenvalue weighted by Gasteiger charge is 2.13. The van der Waals surface area contributed by atoms with E-state index in [4.69, 9.17) is 9.47 Å². The Morgan fingerprint density at radius 1 is 1.15 bits per heavy atom. The van der Waals surface area contributed by atoms with Gasteiger partial charge in [0, 0.05) is 40.0 Å². The van der Waals surface area contributed by atoms with E-state index in [0.29, 0.717) is 31.1 Å². The van der Waals surface area contributed by atoms with Crippen LogP contribution in [0.3, 0.4) is 0 Å². The van der Waals surface area contributed by atoms with Crippen molar-refractivity contribution in [3.8, 4) is 5.75 Å². The van der Waals surface area contributed by atoms with Gasteiger partial charge in [0.25, 0.3) is 5.91 Å². The maximum Gasteiger partial charge on any atom is 0.308 e. The molecule has 0 spiro atoms. The van der Waals surface area contributed by atoms with Gasteiger partial charge in [-0.15, -0.1) is 0 Å². The molecule has 1 aliphatic rings. The van der Waals surface area contributed by atoms with E-state index in [1.54, 1.807) is 30.3 Å². The summed E-state index contributed by atoms with van der Waals surface area (Å²) in [6.45, 7) is 6.96. The first-order valence-corrected chi connectivity index (χ1v) is 8.80. The number of nitrogens with zero attached hydrogens (tertiary/aromatic N) is 1. The summed E-state index contributed by atoms with van der Waals surface area (Å²) in [5.74, 6) is -0.684. The standard InChI is InChI=1S/C19H25N3O5/c1-14(23)21-18(13-16-3-5-17(6-4-16)27-15(2)24)19(25)20-7-8-22-9-11-26-12-10-22/h3-6,13H,7-12H2,1-2H3,(H,20,25)(H,21,23)/b18-13-. The van der Waals surface area contributed by atoms with Gasteiger partial charge in [-0.2, -0.15) is 0 Å². The van der Waals surface area contributed by atoms with Crippen LogP contribution in [0, 0.1) is 0 Å². The largest absolute Gasteiger partial charge is 0.427 e. The SMILES string of the molecule is CC(=O)N/C(=C\c1ccc(OC(C)=O)cc1)C(=O)NCCN1CCOCC1. The third-order valence-electron chi connectivity index (χ3n) is 3.83. The summed E-state index contributed by atoms with van der Waals surface area (Å²) in [7, 11) is 0. The Labute approximate surface area is 158 Å². The van der Waals surface area contributed by atoms with Crippen molar-refractivity contribution in [3.63, 3.8) is 0 Å². The lowest BCUT2D eigenvalue weighted by atomic mass is 10.1. The molecule has 0 atom stereocenters. The van der Waals surface area contributed by atoms with Gasteiger partial charge in [-0.25, -0.2) is 0 Å². The molecule has 1 aromatic carbocycles. The molecule has 146 valence electrons. The van der Waals surface area contributed by atoms with E-state index in [-0.39, 0.29) is 17.5 Å². The molecule has 0 unspecified atom stereocenters. The summed E-state index contributed by atoms with van der Waals surface area (Å²) in [6.07, 6.45) is 1.57. The maximum atomic E-state index is 12.4. The minimum Gasteiger partial charge on any atom is -0.427 e. The molecule has 27 heavy (non-hydrogen) atoms. The van der Waals surface area contributed by atoms with Gasteiger partial charge in [0.1, 0.15) is 11.4 Å². The number of rotatable bonds is 7. The molecule has 2 amide bonds. The first-order valence-electron chi connectivity index (χ1n) is 8.80. The Morgan fingerprint density at radius 2 is 1.81 bits per heavy atom. The number of carbonyl (C=O) groups is 3. The first-order chi connectivity index (χ1) is 12.9. The summed E-state index contributed by atoms with van der Waals surface area (Å²) < 4.78 is 10.3. The zero-order valence-electron chi connectivity index (χ0n) is 15.6. The van der Waals surface area contributed by atoms with Crippen molar-refractivity contribution < 1.29 is 23.9 Å². The Hall–Kier alpha value is -2.71. The molecular weight excluding hydrogens is 350 g/mol. The van der Waals surface area contributed by atoms with Gasteiger partial charge in [0.2, 0.25) is 5.91 Å². The highest BCUT2D eigenvalue weighted by molar-refractivity contribution is 6.00. The minimum absolute atomic E-state index is 0.157. The Morgan fingerprint density at radius 3 is 2.41 bits per heavy atom. The fraction of sp³-hybridized carbons (Fsp3) is 0.421. The van der Waals surface area contributed by atoms with Crippen molar-refractivity contribution in [2.75, 3.05) is 39.4 Å². The number of morpholine rings is 1. The van der Waals surface area contributed by atoms with Crippen LogP contribution in [0.4, 0.5) is 0 Å². The molecule has 0 aromatic heterocycles. The van der Waals surface area contributed by atoms with Crippen molar-refractivity contribution in [2.24, 2.45) is 0 Å². The number of ether oxygens (including phenoxy) is 2. The van der Waals surface area contributed by atoms with E-state index >= 15 is 0 Å². The average Bonchev–Trinajstić information content (AvgIpc) is 2.63. The van der Waals surface area contributed by atoms with Gasteiger partial charge in [-0.3, -0.25) is 19.3 Å². The molecule has 1 heterocycles. The van der Waals surface area contributed by atoms with E-state index in [1.807, 2.05) is 0 Å². The van der Waals surface area contributed by atoms with Crippen LogP contribution in [0.15, 0.2) is 30.0 Å². The van der Waals surface area contributed by atoms with Gasteiger partial charge in [0.15, 0.2) is 0 Å². The molecule has 1 aliphatic heterocycles. The zero-order valence-corrected chi connectivity index (χ0v) is 15.6. The van der Waals surface area contributed by atoms with E-state index in [2.05, 4.69) is 15.5 Å².